The maximum absolute atomic E-state index is 13.3. The first-order valence-corrected chi connectivity index (χ1v) is 12.4. The number of aliphatic hydroxyl groups is 1. The maximum Gasteiger partial charge on any atom is 0.223 e. The van der Waals surface area contributed by atoms with Crippen molar-refractivity contribution in [1.29, 1.82) is 0 Å². The van der Waals surface area contributed by atoms with Crippen molar-refractivity contribution >= 4 is 5.91 Å². The van der Waals surface area contributed by atoms with Gasteiger partial charge in [0.2, 0.25) is 5.91 Å². The van der Waals surface area contributed by atoms with Crippen molar-refractivity contribution < 1.29 is 15.0 Å². The van der Waals surface area contributed by atoms with Crippen molar-refractivity contribution in [3.05, 3.63) is 59.4 Å². The molecule has 1 amide bonds. The number of likely N-dealkylation sites (tertiary alicyclic amines) is 1. The van der Waals surface area contributed by atoms with Crippen LogP contribution in [0.3, 0.4) is 0 Å². The molecule has 2 unspecified atom stereocenters. The average Bonchev–Trinajstić information content (AvgIpc) is 3.54. The molecular formula is C27H31N3O3. The second-order valence-electron chi connectivity index (χ2n) is 11.5. The van der Waals surface area contributed by atoms with Gasteiger partial charge in [0.15, 0.2) is 0 Å². The van der Waals surface area contributed by atoms with E-state index in [9.17, 15) is 15.0 Å². The number of nitrogens with zero attached hydrogens (tertiary/aromatic N) is 2. The van der Waals surface area contributed by atoms with Gasteiger partial charge in [0.25, 0.3) is 0 Å². The van der Waals surface area contributed by atoms with E-state index >= 15 is 0 Å². The SMILES string of the molecule is O=C(NCc1cccnc1)[C@@H]1CC23CC4(Cc5ccc(O)cc52)CN(CC2CC2)[C@H]4[C@]3(O)C1. The first-order valence-electron chi connectivity index (χ1n) is 12.4. The summed E-state index contributed by atoms with van der Waals surface area (Å²) in [4.78, 5) is 20.0. The summed E-state index contributed by atoms with van der Waals surface area (Å²) in [5.41, 5.74) is 2.02. The molecule has 7 rings (SSSR count). The monoisotopic (exact) mass is 445 g/mol. The Labute approximate surface area is 194 Å². The topological polar surface area (TPSA) is 85.7 Å². The van der Waals surface area contributed by atoms with E-state index in [-0.39, 0.29) is 29.0 Å². The Balaban J connectivity index is 1.23. The van der Waals surface area contributed by atoms with E-state index in [1.54, 1.807) is 18.5 Å². The van der Waals surface area contributed by atoms with E-state index in [0.29, 0.717) is 19.4 Å². The van der Waals surface area contributed by atoms with Crippen LogP contribution in [0.1, 0.15) is 48.8 Å². The first kappa shape index (κ1) is 20.0. The normalized spacial score (nSPS) is 38.2. The summed E-state index contributed by atoms with van der Waals surface area (Å²) in [5, 5.41) is 26.0. The number of carbonyl (C=O) groups excluding carboxylic acids is 1. The third kappa shape index (κ3) is 2.68. The van der Waals surface area contributed by atoms with Gasteiger partial charge in [-0.2, -0.15) is 0 Å². The predicted molar refractivity (Wildman–Crippen MR) is 122 cm³/mol. The Hall–Kier alpha value is -2.44. The molecule has 4 fully saturated rings. The fourth-order valence-electron chi connectivity index (χ4n) is 8.28. The van der Waals surface area contributed by atoms with Crippen LogP contribution in [-0.4, -0.2) is 50.7 Å². The van der Waals surface area contributed by atoms with E-state index in [2.05, 4.69) is 21.3 Å². The summed E-state index contributed by atoms with van der Waals surface area (Å²) in [6.07, 6.45) is 9.13. The number of fused-ring (bicyclic) bond motifs is 2. The molecule has 6 heteroatoms. The Morgan fingerprint density at radius 2 is 2.12 bits per heavy atom. The van der Waals surface area contributed by atoms with Crippen molar-refractivity contribution in [2.75, 3.05) is 13.1 Å². The predicted octanol–water partition coefficient (Wildman–Crippen LogP) is 2.52. The highest BCUT2D eigenvalue weighted by Crippen LogP contribution is 2.73. The minimum absolute atomic E-state index is 0.0157. The van der Waals surface area contributed by atoms with Gasteiger partial charge in [-0.15, -0.1) is 0 Å². The number of pyridine rings is 1. The number of aromatic hydroxyl groups is 1. The van der Waals surface area contributed by atoms with Crippen LogP contribution in [-0.2, 0) is 23.2 Å². The fraction of sp³-hybridized carbons (Fsp3) is 0.556. The number of phenols is 1. The highest BCUT2D eigenvalue weighted by atomic mass is 16.3. The Bertz CT molecular complexity index is 1130. The van der Waals surface area contributed by atoms with Crippen molar-refractivity contribution in [2.45, 2.75) is 62.1 Å². The Morgan fingerprint density at radius 3 is 2.91 bits per heavy atom. The maximum atomic E-state index is 13.3. The minimum atomic E-state index is -0.935. The Morgan fingerprint density at radius 1 is 1.24 bits per heavy atom. The van der Waals surface area contributed by atoms with Crippen LogP contribution in [0, 0.1) is 17.3 Å². The number of hydrogen-bond acceptors (Lipinski definition) is 5. The van der Waals surface area contributed by atoms with Crippen LogP contribution < -0.4 is 5.32 Å². The second-order valence-corrected chi connectivity index (χ2v) is 11.5. The Kier molecular flexibility index (Phi) is 3.98. The lowest BCUT2D eigenvalue weighted by Crippen LogP contribution is -2.70. The van der Waals surface area contributed by atoms with Crippen LogP contribution >= 0.6 is 0 Å². The molecule has 2 spiro atoms. The molecule has 2 aromatic rings. The summed E-state index contributed by atoms with van der Waals surface area (Å²) in [6.45, 7) is 2.58. The van der Waals surface area contributed by atoms with Gasteiger partial charge in [0.05, 0.1) is 5.60 Å². The molecule has 33 heavy (non-hydrogen) atoms. The van der Waals surface area contributed by atoms with Crippen molar-refractivity contribution in [2.24, 2.45) is 17.3 Å². The largest absolute Gasteiger partial charge is 0.508 e. The molecule has 2 bridgehead atoms. The number of nitrogens with one attached hydrogen (secondary N) is 1. The van der Waals surface area contributed by atoms with Gasteiger partial charge in [0, 0.05) is 54.8 Å². The molecule has 172 valence electrons. The number of aromatic nitrogens is 1. The zero-order valence-corrected chi connectivity index (χ0v) is 18.8. The molecule has 5 aliphatic rings. The molecular weight excluding hydrogens is 414 g/mol. The van der Waals surface area contributed by atoms with Crippen molar-refractivity contribution in [3.63, 3.8) is 0 Å². The molecule has 1 aromatic heterocycles. The van der Waals surface area contributed by atoms with E-state index < -0.39 is 11.0 Å². The van der Waals surface area contributed by atoms with E-state index in [4.69, 9.17) is 0 Å². The smallest absolute Gasteiger partial charge is 0.223 e. The van der Waals surface area contributed by atoms with E-state index in [1.807, 2.05) is 18.2 Å². The summed E-state index contributed by atoms with van der Waals surface area (Å²) in [7, 11) is 0. The minimum Gasteiger partial charge on any atom is -0.508 e. The van der Waals surface area contributed by atoms with Gasteiger partial charge in [0.1, 0.15) is 5.75 Å². The number of rotatable bonds is 5. The van der Waals surface area contributed by atoms with Gasteiger partial charge in [-0.05, 0) is 79.3 Å². The van der Waals surface area contributed by atoms with Gasteiger partial charge in [-0.25, -0.2) is 0 Å². The average molecular weight is 446 g/mol. The zero-order chi connectivity index (χ0) is 22.4. The van der Waals surface area contributed by atoms with Crippen molar-refractivity contribution in [3.8, 4) is 5.75 Å². The standard InChI is InChI=1S/C27H31N3O3/c31-21-6-5-19-9-25-15-26(22(19)8-21)10-20(23(32)29-13-18-2-1-7-28-12-18)11-27(26,33)24(25)30(16-25)14-17-3-4-17/h1-2,5-8,12,17,20,24,31,33H,3-4,9-11,13-16H2,(H,29,32)/t20-,24-,25?,26?,27-/m1/s1. The molecule has 6 nitrogen and oxygen atoms in total. The van der Waals surface area contributed by atoms with Gasteiger partial charge < -0.3 is 15.5 Å². The number of hydrogen-bond donors (Lipinski definition) is 3. The van der Waals surface area contributed by atoms with Crippen LogP contribution in [0.25, 0.3) is 0 Å². The van der Waals surface area contributed by atoms with Gasteiger partial charge >= 0.3 is 0 Å². The molecule has 5 atom stereocenters. The summed E-state index contributed by atoms with van der Waals surface area (Å²) in [5.74, 6) is 0.803. The molecule has 1 aromatic carbocycles. The second kappa shape index (κ2) is 6.57. The summed E-state index contributed by atoms with van der Waals surface area (Å²) >= 11 is 0. The van der Waals surface area contributed by atoms with Crippen LogP contribution in [0.15, 0.2) is 42.7 Å². The molecule has 4 aliphatic carbocycles. The molecule has 3 saturated carbocycles. The van der Waals surface area contributed by atoms with Crippen LogP contribution in [0.4, 0.5) is 0 Å². The molecule has 3 N–H and O–H groups in total. The molecule has 1 aliphatic heterocycles. The highest BCUT2D eigenvalue weighted by Gasteiger charge is 2.80. The van der Waals surface area contributed by atoms with E-state index in [0.717, 1.165) is 43.0 Å². The lowest BCUT2D eigenvalue weighted by atomic mass is 9.61. The lowest BCUT2D eigenvalue weighted by Gasteiger charge is -2.58. The van der Waals surface area contributed by atoms with Crippen molar-refractivity contribution in [1.82, 2.24) is 15.2 Å². The highest BCUT2D eigenvalue weighted by molar-refractivity contribution is 5.80. The number of benzene rings is 1. The van der Waals surface area contributed by atoms with Gasteiger partial charge in [-0.1, -0.05) is 12.1 Å². The first-order chi connectivity index (χ1) is 15.9. The van der Waals surface area contributed by atoms with Gasteiger partial charge in [-0.3, -0.25) is 14.7 Å². The summed E-state index contributed by atoms with van der Waals surface area (Å²) in [6, 6.07) is 9.64. The quantitative estimate of drug-likeness (QED) is 0.659. The number of carbonyl (C=O) groups is 1. The fourth-order valence-corrected chi connectivity index (χ4v) is 8.28. The third-order valence-corrected chi connectivity index (χ3v) is 9.45. The zero-order valence-electron chi connectivity index (χ0n) is 18.8. The number of phenolic OH excluding ortho intramolecular Hbond substituents is 1. The molecule has 2 heterocycles. The summed E-state index contributed by atoms with van der Waals surface area (Å²) < 4.78 is 0. The van der Waals surface area contributed by atoms with E-state index in [1.165, 1.54) is 18.4 Å². The number of amides is 1. The molecule has 1 saturated heterocycles. The van der Waals surface area contributed by atoms with Crippen LogP contribution in [0.5, 0.6) is 5.75 Å². The third-order valence-electron chi connectivity index (χ3n) is 9.45. The molecule has 0 radical (unpaired) electrons. The lowest BCUT2D eigenvalue weighted by molar-refractivity contribution is -0.146. The van der Waals surface area contributed by atoms with Crippen LogP contribution in [0.2, 0.25) is 0 Å².